The standard InChI is InChI=1S/C16H13BrN4O3/c1-8-3-4-9(7-19-8)21-14-10(5-6-11(17)20-14)13(18)12(15(21)22)16(23)24-2/h3-7H,18H2,1-2H3. The average molecular weight is 389 g/mol. The lowest BCUT2D eigenvalue weighted by molar-refractivity contribution is 0.0600. The molecule has 3 aromatic heterocycles. The van der Waals surface area contributed by atoms with Crippen LogP contribution >= 0.6 is 15.9 Å². The minimum atomic E-state index is -0.795. The molecule has 0 spiro atoms. The van der Waals surface area contributed by atoms with Crippen LogP contribution in [0.1, 0.15) is 16.1 Å². The summed E-state index contributed by atoms with van der Waals surface area (Å²) in [7, 11) is 1.20. The van der Waals surface area contributed by atoms with Crippen LogP contribution in [0.15, 0.2) is 39.9 Å². The van der Waals surface area contributed by atoms with E-state index in [1.165, 1.54) is 17.9 Å². The molecule has 24 heavy (non-hydrogen) atoms. The third-order valence-electron chi connectivity index (χ3n) is 3.57. The number of aryl methyl sites for hydroxylation is 1. The van der Waals surface area contributed by atoms with Gasteiger partial charge in [0.05, 0.1) is 24.7 Å². The number of ether oxygens (including phenoxy) is 1. The van der Waals surface area contributed by atoms with Gasteiger partial charge in [-0.1, -0.05) is 0 Å². The van der Waals surface area contributed by atoms with Crippen LogP contribution in [0.25, 0.3) is 16.7 Å². The van der Waals surface area contributed by atoms with Crippen LogP contribution in [0.3, 0.4) is 0 Å². The molecule has 3 rings (SSSR count). The smallest absolute Gasteiger partial charge is 0.345 e. The van der Waals surface area contributed by atoms with E-state index < -0.39 is 11.5 Å². The lowest BCUT2D eigenvalue weighted by atomic mass is 10.1. The van der Waals surface area contributed by atoms with Crippen LogP contribution in [0.2, 0.25) is 0 Å². The van der Waals surface area contributed by atoms with E-state index in [9.17, 15) is 9.59 Å². The number of pyridine rings is 3. The van der Waals surface area contributed by atoms with Gasteiger partial charge in [-0.15, -0.1) is 0 Å². The maximum absolute atomic E-state index is 12.9. The van der Waals surface area contributed by atoms with Gasteiger partial charge in [0.25, 0.3) is 5.56 Å². The number of fused-ring (bicyclic) bond motifs is 1. The van der Waals surface area contributed by atoms with Gasteiger partial charge in [0.2, 0.25) is 0 Å². The molecule has 0 amide bonds. The number of halogens is 1. The predicted octanol–water partition coefficient (Wildman–Crippen LogP) is 2.22. The topological polar surface area (TPSA) is 100 Å². The Hall–Kier alpha value is -2.74. The van der Waals surface area contributed by atoms with Gasteiger partial charge in [-0.3, -0.25) is 14.3 Å². The van der Waals surface area contributed by atoms with Crippen molar-refractivity contribution in [1.82, 2.24) is 14.5 Å². The minimum Gasteiger partial charge on any atom is -0.465 e. The molecular formula is C16H13BrN4O3. The molecule has 0 aliphatic heterocycles. The fraction of sp³-hybridized carbons (Fsp3) is 0.125. The molecule has 0 atom stereocenters. The molecule has 0 saturated carbocycles. The number of methoxy groups -OCH3 is 1. The Labute approximate surface area is 145 Å². The molecule has 3 aromatic rings. The van der Waals surface area contributed by atoms with Crippen LogP contribution in [0.4, 0.5) is 5.69 Å². The lowest BCUT2D eigenvalue weighted by Crippen LogP contribution is -2.28. The summed E-state index contributed by atoms with van der Waals surface area (Å²) in [6, 6.07) is 6.86. The number of hydrogen-bond acceptors (Lipinski definition) is 6. The van der Waals surface area contributed by atoms with Crippen molar-refractivity contribution >= 4 is 38.6 Å². The van der Waals surface area contributed by atoms with E-state index in [0.717, 1.165) is 5.69 Å². The average Bonchev–Trinajstić information content (AvgIpc) is 2.56. The van der Waals surface area contributed by atoms with Crippen molar-refractivity contribution in [3.63, 3.8) is 0 Å². The fourth-order valence-corrected chi connectivity index (χ4v) is 2.70. The Balaban J connectivity index is 2.50. The summed E-state index contributed by atoms with van der Waals surface area (Å²) in [5.41, 5.74) is 6.84. The van der Waals surface area contributed by atoms with Gasteiger partial charge in [-0.05, 0) is 47.1 Å². The van der Waals surface area contributed by atoms with Gasteiger partial charge in [0.15, 0.2) is 5.65 Å². The molecule has 0 unspecified atom stereocenters. The van der Waals surface area contributed by atoms with Gasteiger partial charge in [-0.2, -0.15) is 0 Å². The second-order valence-electron chi connectivity index (χ2n) is 5.08. The summed E-state index contributed by atoms with van der Waals surface area (Å²) >= 11 is 3.29. The van der Waals surface area contributed by atoms with Crippen LogP contribution in [-0.4, -0.2) is 27.6 Å². The second-order valence-corrected chi connectivity index (χ2v) is 5.90. The number of nitrogens with two attached hydrogens (primary N) is 1. The van der Waals surface area contributed by atoms with E-state index in [4.69, 9.17) is 10.5 Å². The predicted molar refractivity (Wildman–Crippen MR) is 93.3 cm³/mol. The Kier molecular flexibility index (Phi) is 4.06. The summed E-state index contributed by atoms with van der Waals surface area (Å²) in [6.07, 6.45) is 1.54. The summed E-state index contributed by atoms with van der Waals surface area (Å²) in [5.74, 6) is -0.795. The summed E-state index contributed by atoms with van der Waals surface area (Å²) in [5, 5.41) is 0.471. The van der Waals surface area contributed by atoms with Gasteiger partial charge in [-0.25, -0.2) is 9.78 Å². The third kappa shape index (κ3) is 2.54. The number of aromatic nitrogens is 3. The van der Waals surface area contributed by atoms with Crippen LogP contribution in [-0.2, 0) is 4.74 Å². The largest absolute Gasteiger partial charge is 0.465 e. The normalized spacial score (nSPS) is 10.8. The van der Waals surface area contributed by atoms with Crippen molar-refractivity contribution in [1.29, 1.82) is 0 Å². The Morgan fingerprint density at radius 2 is 2.04 bits per heavy atom. The zero-order chi connectivity index (χ0) is 17.4. The molecule has 8 heteroatoms. The molecule has 0 aromatic carbocycles. The highest BCUT2D eigenvalue weighted by molar-refractivity contribution is 9.10. The molecule has 7 nitrogen and oxygen atoms in total. The summed E-state index contributed by atoms with van der Waals surface area (Å²) in [4.78, 5) is 33.5. The fourth-order valence-electron chi connectivity index (χ4n) is 2.39. The number of nitrogen functional groups attached to an aromatic ring is 1. The van der Waals surface area contributed by atoms with E-state index in [1.807, 2.05) is 6.92 Å². The van der Waals surface area contributed by atoms with E-state index >= 15 is 0 Å². The number of rotatable bonds is 2. The Morgan fingerprint density at radius 3 is 2.67 bits per heavy atom. The third-order valence-corrected chi connectivity index (χ3v) is 4.01. The molecule has 0 saturated heterocycles. The maximum atomic E-state index is 12.9. The summed E-state index contributed by atoms with van der Waals surface area (Å²) < 4.78 is 6.54. The first-order chi connectivity index (χ1) is 11.4. The molecule has 0 radical (unpaired) electrons. The number of nitrogens with zero attached hydrogens (tertiary/aromatic N) is 3. The first kappa shape index (κ1) is 16.1. The second kappa shape index (κ2) is 6.04. The van der Waals surface area contributed by atoms with Crippen molar-refractivity contribution in [2.75, 3.05) is 12.8 Å². The van der Waals surface area contributed by atoms with Gasteiger partial charge in [0.1, 0.15) is 10.2 Å². The Bertz CT molecular complexity index is 1010. The zero-order valence-electron chi connectivity index (χ0n) is 12.9. The first-order valence-corrected chi connectivity index (χ1v) is 7.75. The van der Waals surface area contributed by atoms with E-state index in [-0.39, 0.29) is 11.3 Å². The highest BCUT2D eigenvalue weighted by Crippen LogP contribution is 2.25. The quantitative estimate of drug-likeness (QED) is 0.533. The number of hydrogen-bond donors (Lipinski definition) is 1. The van der Waals surface area contributed by atoms with Crippen molar-refractivity contribution in [3.8, 4) is 5.69 Å². The molecule has 2 N–H and O–H groups in total. The zero-order valence-corrected chi connectivity index (χ0v) is 14.5. The lowest BCUT2D eigenvalue weighted by Gasteiger charge is -2.14. The van der Waals surface area contributed by atoms with E-state index in [1.54, 1.807) is 24.3 Å². The molecule has 0 bridgehead atoms. The SMILES string of the molecule is COC(=O)c1c(N)c2ccc(Br)nc2n(-c2ccc(C)nc2)c1=O. The van der Waals surface area contributed by atoms with Gasteiger partial charge >= 0.3 is 5.97 Å². The molecular weight excluding hydrogens is 376 g/mol. The van der Waals surface area contributed by atoms with Crippen molar-refractivity contribution in [2.45, 2.75) is 6.92 Å². The van der Waals surface area contributed by atoms with Crippen molar-refractivity contribution in [3.05, 3.63) is 56.7 Å². The molecule has 0 aliphatic rings. The monoisotopic (exact) mass is 388 g/mol. The van der Waals surface area contributed by atoms with Crippen LogP contribution < -0.4 is 11.3 Å². The number of carbonyl (C=O) groups is 1. The maximum Gasteiger partial charge on any atom is 0.345 e. The van der Waals surface area contributed by atoms with Gasteiger partial charge in [0, 0.05) is 11.1 Å². The van der Waals surface area contributed by atoms with Crippen LogP contribution in [0.5, 0.6) is 0 Å². The van der Waals surface area contributed by atoms with Crippen LogP contribution in [0, 0.1) is 6.92 Å². The minimum absolute atomic E-state index is 0.0400. The molecule has 122 valence electrons. The Morgan fingerprint density at radius 1 is 1.29 bits per heavy atom. The highest BCUT2D eigenvalue weighted by Gasteiger charge is 2.23. The number of anilines is 1. The van der Waals surface area contributed by atoms with E-state index in [0.29, 0.717) is 21.3 Å². The van der Waals surface area contributed by atoms with E-state index in [2.05, 4.69) is 25.9 Å². The first-order valence-electron chi connectivity index (χ1n) is 6.96. The van der Waals surface area contributed by atoms with Crippen molar-refractivity contribution < 1.29 is 9.53 Å². The number of carbonyl (C=O) groups excluding carboxylic acids is 1. The highest BCUT2D eigenvalue weighted by atomic mass is 79.9. The molecule has 3 heterocycles. The van der Waals surface area contributed by atoms with Gasteiger partial charge < -0.3 is 10.5 Å². The summed E-state index contributed by atoms with van der Waals surface area (Å²) in [6.45, 7) is 1.84. The van der Waals surface area contributed by atoms with Crippen molar-refractivity contribution in [2.24, 2.45) is 0 Å². The molecule has 0 aliphatic carbocycles. The molecule has 0 fully saturated rings. The number of esters is 1.